The molecule has 0 aliphatic carbocycles. The maximum absolute atomic E-state index is 13.0. The number of ether oxygens (including phenoxy) is 1. The second kappa shape index (κ2) is 9.99. The minimum atomic E-state index is -0.239. The Balaban J connectivity index is 1.59. The van der Waals surface area contributed by atoms with Crippen molar-refractivity contribution in [2.45, 2.75) is 20.0 Å². The Morgan fingerprint density at radius 1 is 1.21 bits per heavy atom. The normalized spacial score (nSPS) is 11.1. The molecule has 8 heteroatoms. The Hall–Kier alpha value is -3.47. The van der Waals surface area contributed by atoms with Crippen molar-refractivity contribution < 1.29 is 4.74 Å². The van der Waals surface area contributed by atoms with Crippen molar-refractivity contribution >= 4 is 44.6 Å². The summed E-state index contributed by atoms with van der Waals surface area (Å²) in [5.41, 5.74) is 2.44. The Labute approximate surface area is 203 Å². The maximum atomic E-state index is 13.0. The second-order valence-electron chi connectivity index (χ2n) is 7.15. The minimum absolute atomic E-state index is 0.227. The molecule has 0 atom stereocenters. The van der Waals surface area contributed by atoms with Crippen LogP contribution >= 0.6 is 27.5 Å². The number of nitriles is 1. The van der Waals surface area contributed by atoms with Crippen molar-refractivity contribution in [3.8, 4) is 11.8 Å². The maximum Gasteiger partial charge on any atom is 0.282 e. The first-order valence-corrected chi connectivity index (χ1v) is 11.3. The molecule has 164 valence electrons. The summed E-state index contributed by atoms with van der Waals surface area (Å²) in [5, 5.41) is 14.5. The van der Waals surface area contributed by atoms with Gasteiger partial charge in [-0.1, -0.05) is 52.7 Å². The fourth-order valence-corrected chi connectivity index (χ4v) is 3.90. The number of fused-ring (bicyclic) bond motifs is 1. The van der Waals surface area contributed by atoms with E-state index in [0.29, 0.717) is 45.0 Å². The summed E-state index contributed by atoms with van der Waals surface area (Å²) in [4.78, 5) is 17.6. The Bertz CT molecular complexity index is 1470. The van der Waals surface area contributed by atoms with Crippen molar-refractivity contribution in [2.75, 3.05) is 0 Å². The fraction of sp³-hybridized carbons (Fsp3) is 0.120. The van der Waals surface area contributed by atoms with E-state index in [1.807, 2.05) is 37.3 Å². The van der Waals surface area contributed by atoms with E-state index in [-0.39, 0.29) is 12.2 Å². The molecule has 4 aromatic rings. The van der Waals surface area contributed by atoms with E-state index < -0.39 is 0 Å². The first-order chi connectivity index (χ1) is 16.0. The van der Waals surface area contributed by atoms with Crippen LogP contribution in [0, 0.1) is 11.3 Å². The fourth-order valence-electron chi connectivity index (χ4n) is 3.29. The first-order valence-electron chi connectivity index (χ1n) is 10.2. The van der Waals surface area contributed by atoms with E-state index in [4.69, 9.17) is 16.3 Å². The van der Waals surface area contributed by atoms with Gasteiger partial charge in [-0.3, -0.25) is 4.79 Å². The van der Waals surface area contributed by atoms with Crippen LogP contribution in [0.5, 0.6) is 5.75 Å². The van der Waals surface area contributed by atoms with Gasteiger partial charge in [-0.05, 0) is 48.0 Å². The van der Waals surface area contributed by atoms with Crippen LogP contribution in [0.1, 0.15) is 29.4 Å². The number of nitrogens with zero attached hydrogens (tertiary/aromatic N) is 4. The minimum Gasteiger partial charge on any atom is -0.487 e. The summed E-state index contributed by atoms with van der Waals surface area (Å²) in [5.74, 6) is 1.05. The third-order valence-corrected chi connectivity index (χ3v) is 5.78. The van der Waals surface area contributed by atoms with E-state index in [9.17, 15) is 10.1 Å². The van der Waals surface area contributed by atoms with Crippen LogP contribution in [-0.4, -0.2) is 15.9 Å². The lowest BCUT2D eigenvalue weighted by Gasteiger charge is -2.10. The highest BCUT2D eigenvalue weighted by molar-refractivity contribution is 9.10. The van der Waals surface area contributed by atoms with E-state index in [0.717, 1.165) is 10.0 Å². The Kier molecular flexibility index (Phi) is 6.87. The molecule has 3 aromatic carbocycles. The summed E-state index contributed by atoms with van der Waals surface area (Å²) in [7, 11) is 0. The highest BCUT2D eigenvalue weighted by Crippen LogP contribution is 2.26. The summed E-state index contributed by atoms with van der Waals surface area (Å²) >= 11 is 9.79. The highest BCUT2D eigenvalue weighted by atomic mass is 79.9. The van der Waals surface area contributed by atoms with Gasteiger partial charge in [-0.25, -0.2) is 4.98 Å². The predicted octanol–water partition coefficient (Wildman–Crippen LogP) is 5.71. The molecule has 0 spiro atoms. The number of hydrogen-bond donors (Lipinski definition) is 0. The quantitative estimate of drug-likeness (QED) is 0.305. The smallest absolute Gasteiger partial charge is 0.282 e. The molecule has 4 rings (SSSR count). The van der Waals surface area contributed by atoms with E-state index in [2.05, 4.69) is 32.1 Å². The average molecular weight is 522 g/mol. The SMILES string of the molecule is CCc1nc2ccc(Br)cc2c(=O)n1N=Cc1ccc(OCc2ccccc2C#N)c(Cl)c1. The first kappa shape index (κ1) is 22.7. The zero-order valence-electron chi connectivity index (χ0n) is 17.6. The molecule has 0 saturated carbocycles. The molecule has 0 fully saturated rings. The van der Waals surface area contributed by atoms with Gasteiger partial charge in [0.15, 0.2) is 0 Å². The molecule has 33 heavy (non-hydrogen) atoms. The van der Waals surface area contributed by atoms with Gasteiger partial charge in [0.25, 0.3) is 5.56 Å². The molecule has 0 N–H and O–H groups in total. The number of aryl methyl sites for hydroxylation is 1. The van der Waals surface area contributed by atoms with Crippen LogP contribution in [-0.2, 0) is 13.0 Å². The zero-order valence-corrected chi connectivity index (χ0v) is 20.0. The van der Waals surface area contributed by atoms with Crippen molar-refractivity contribution in [2.24, 2.45) is 5.10 Å². The molecule has 0 aliphatic rings. The molecule has 1 aromatic heterocycles. The largest absolute Gasteiger partial charge is 0.487 e. The molecule has 1 heterocycles. The monoisotopic (exact) mass is 520 g/mol. The third kappa shape index (κ3) is 4.98. The van der Waals surface area contributed by atoms with Gasteiger partial charge in [-0.15, -0.1) is 0 Å². The second-order valence-corrected chi connectivity index (χ2v) is 8.47. The number of rotatable bonds is 6. The zero-order chi connectivity index (χ0) is 23.4. The van der Waals surface area contributed by atoms with Gasteiger partial charge < -0.3 is 4.74 Å². The number of aromatic nitrogens is 2. The summed E-state index contributed by atoms with van der Waals surface area (Å²) < 4.78 is 7.91. The lowest BCUT2D eigenvalue weighted by Crippen LogP contribution is -2.22. The summed E-state index contributed by atoms with van der Waals surface area (Å²) in [6, 6.07) is 20.0. The van der Waals surface area contributed by atoms with Crippen LogP contribution in [0.15, 0.2) is 75.0 Å². The lowest BCUT2D eigenvalue weighted by molar-refractivity contribution is 0.306. The topological polar surface area (TPSA) is 80.3 Å². The summed E-state index contributed by atoms with van der Waals surface area (Å²) in [6.07, 6.45) is 2.11. The van der Waals surface area contributed by atoms with Gasteiger partial charge in [0, 0.05) is 16.5 Å². The molecule has 0 radical (unpaired) electrons. The van der Waals surface area contributed by atoms with Gasteiger partial charge >= 0.3 is 0 Å². The van der Waals surface area contributed by atoms with Gasteiger partial charge in [0.05, 0.1) is 33.8 Å². The van der Waals surface area contributed by atoms with E-state index >= 15 is 0 Å². The standard InChI is InChI=1S/C25H18BrClN4O2/c1-2-24-30-22-9-8-19(26)12-20(22)25(32)31(24)29-14-16-7-10-23(21(27)11-16)33-15-18-6-4-3-5-17(18)13-28/h3-12,14H,2,15H2,1H3. The van der Waals surface area contributed by atoms with E-state index in [1.165, 1.54) is 4.68 Å². The predicted molar refractivity (Wildman–Crippen MR) is 133 cm³/mol. The number of hydrogen-bond acceptors (Lipinski definition) is 5. The average Bonchev–Trinajstić information content (AvgIpc) is 2.83. The van der Waals surface area contributed by atoms with Crippen LogP contribution in [0.3, 0.4) is 0 Å². The molecule has 0 unspecified atom stereocenters. The molecular weight excluding hydrogens is 504 g/mol. The van der Waals surface area contributed by atoms with Crippen molar-refractivity contribution in [3.63, 3.8) is 0 Å². The van der Waals surface area contributed by atoms with Gasteiger partial charge in [0.2, 0.25) is 0 Å². The molecule has 6 nitrogen and oxygen atoms in total. The molecule has 0 amide bonds. The van der Waals surface area contributed by atoms with Crippen LogP contribution < -0.4 is 10.3 Å². The van der Waals surface area contributed by atoms with Gasteiger partial charge in [0.1, 0.15) is 18.2 Å². The molecule has 0 aliphatic heterocycles. The number of benzene rings is 3. The van der Waals surface area contributed by atoms with Crippen molar-refractivity contribution in [3.05, 3.63) is 103 Å². The van der Waals surface area contributed by atoms with Crippen molar-refractivity contribution in [1.82, 2.24) is 9.66 Å². The van der Waals surface area contributed by atoms with Crippen LogP contribution in [0.25, 0.3) is 10.9 Å². The lowest BCUT2D eigenvalue weighted by atomic mass is 10.1. The van der Waals surface area contributed by atoms with Gasteiger partial charge in [-0.2, -0.15) is 15.0 Å². The molecule has 0 bridgehead atoms. The highest BCUT2D eigenvalue weighted by Gasteiger charge is 2.10. The third-order valence-electron chi connectivity index (χ3n) is 4.99. The molecular formula is C25H18BrClN4O2. The van der Waals surface area contributed by atoms with E-state index in [1.54, 1.807) is 36.5 Å². The molecule has 0 saturated heterocycles. The Morgan fingerprint density at radius 2 is 2.03 bits per heavy atom. The summed E-state index contributed by atoms with van der Waals surface area (Å²) in [6.45, 7) is 2.15. The van der Waals surface area contributed by atoms with Crippen LogP contribution in [0.4, 0.5) is 0 Å². The number of halogens is 2. The van der Waals surface area contributed by atoms with Crippen molar-refractivity contribution in [1.29, 1.82) is 5.26 Å². The van der Waals surface area contributed by atoms with Crippen LogP contribution in [0.2, 0.25) is 5.02 Å². The Morgan fingerprint density at radius 3 is 2.79 bits per heavy atom.